The molecule has 1 N–H and O–H groups in total. The Labute approximate surface area is 114 Å². The van der Waals surface area contributed by atoms with Gasteiger partial charge in [-0.1, -0.05) is 11.6 Å². The molecule has 0 aliphatic carbocycles. The first-order chi connectivity index (χ1) is 9.06. The van der Waals surface area contributed by atoms with E-state index in [-0.39, 0.29) is 29.1 Å². The molecule has 19 heavy (non-hydrogen) atoms. The van der Waals surface area contributed by atoms with Gasteiger partial charge < -0.3 is 10.2 Å². The number of rotatable bonds is 4. The number of carbonyl (C=O) groups excluding carboxylic acids is 1. The number of halogens is 1. The third-order valence-electron chi connectivity index (χ3n) is 2.87. The summed E-state index contributed by atoms with van der Waals surface area (Å²) in [7, 11) is 0. The lowest BCUT2D eigenvalue weighted by Crippen LogP contribution is -2.33. The van der Waals surface area contributed by atoms with Crippen LogP contribution in [0.1, 0.15) is 12.8 Å². The molecule has 1 aliphatic rings. The monoisotopic (exact) mass is 284 g/mol. The zero-order valence-electron chi connectivity index (χ0n) is 10.1. The lowest BCUT2D eigenvalue weighted by molar-refractivity contribution is -0.384. The van der Waals surface area contributed by atoms with E-state index >= 15 is 0 Å². The van der Waals surface area contributed by atoms with Crippen molar-refractivity contribution in [3.8, 4) is 0 Å². The Morgan fingerprint density at radius 2 is 2.16 bits per heavy atom. The predicted octanol–water partition coefficient (Wildman–Crippen LogP) is 1.68. The number of anilines is 1. The molecule has 7 nitrogen and oxygen atoms in total. The van der Waals surface area contributed by atoms with Crippen LogP contribution in [0, 0.1) is 10.1 Å². The fourth-order valence-corrected chi connectivity index (χ4v) is 2.13. The van der Waals surface area contributed by atoms with Gasteiger partial charge in [0.15, 0.2) is 0 Å². The van der Waals surface area contributed by atoms with Gasteiger partial charge in [0, 0.05) is 13.1 Å². The summed E-state index contributed by atoms with van der Waals surface area (Å²) in [5.41, 5.74) is -0.156. The van der Waals surface area contributed by atoms with Gasteiger partial charge in [0.2, 0.25) is 5.91 Å². The molecule has 1 aliphatic heterocycles. The van der Waals surface area contributed by atoms with Crippen molar-refractivity contribution in [1.29, 1.82) is 0 Å². The van der Waals surface area contributed by atoms with Crippen molar-refractivity contribution in [2.45, 2.75) is 12.8 Å². The van der Waals surface area contributed by atoms with Crippen LogP contribution in [0.5, 0.6) is 0 Å². The Morgan fingerprint density at radius 1 is 1.47 bits per heavy atom. The molecule has 1 aromatic heterocycles. The highest BCUT2D eigenvalue weighted by atomic mass is 35.5. The van der Waals surface area contributed by atoms with Gasteiger partial charge in [0.25, 0.3) is 5.69 Å². The number of nitrogens with one attached hydrogen (secondary N) is 1. The van der Waals surface area contributed by atoms with Crippen molar-refractivity contribution in [3.63, 3.8) is 0 Å². The largest absolute Gasteiger partial charge is 0.361 e. The van der Waals surface area contributed by atoms with E-state index in [0.717, 1.165) is 32.0 Å². The molecule has 0 saturated carbocycles. The number of amides is 1. The first-order valence-corrected chi connectivity index (χ1v) is 6.27. The molecule has 1 fully saturated rings. The van der Waals surface area contributed by atoms with Gasteiger partial charge in [0.05, 0.1) is 23.6 Å². The average Bonchev–Trinajstić information content (AvgIpc) is 2.89. The molecule has 0 aromatic carbocycles. The summed E-state index contributed by atoms with van der Waals surface area (Å²) in [6.45, 7) is 1.60. The first kappa shape index (κ1) is 13.5. The van der Waals surface area contributed by atoms with Crippen molar-refractivity contribution in [3.05, 3.63) is 27.4 Å². The Balaban J connectivity index is 1.98. The highest BCUT2D eigenvalue weighted by Gasteiger charge is 2.18. The second-order valence-electron chi connectivity index (χ2n) is 4.23. The number of carbonyl (C=O) groups is 1. The number of nitrogens with zero attached hydrogens (tertiary/aromatic N) is 3. The average molecular weight is 285 g/mol. The zero-order chi connectivity index (χ0) is 13.8. The molecule has 0 unspecified atom stereocenters. The summed E-state index contributed by atoms with van der Waals surface area (Å²) in [4.78, 5) is 27.6. The Morgan fingerprint density at radius 3 is 2.79 bits per heavy atom. The van der Waals surface area contributed by atoms with E-state index in [2.05, 4.69) is 10.3 Å². The van der Waals surface area contributed by atoms with Crippen LogP contribution in [0.2, 0.25) is 5.15 Å². The van der Waals surface area contributed by atoms with Gasteiger partial charge in [-0.2, -0.15) is 0 Å². The zero-order valence-corrected chi connectivity index (χ0v) is 10.9. The number of aromatic nitrogens is 1. The fourth-order valence-electron chi connectivity index (χ4n) is 1.92. The molecule has 0 atom stereocenters. The Kier molecular flexibility index (Phi) is 4.16. The van der Waals surface area contributed by atoms with Crippen LogP contribution in [0.3, 0.4) is 0 Å². The maximum absolute atomic E-state index is 11.8. The lowest BCUT2D eigenvalue weighted by atomic mass is 10.4. The number of hydrogen-bond acceptors (Lipinski definition) is 5. The quantitative estimate of drug-likeness (QED) is 0.516. The van der Waals surface area contributed by atoms with Crippen molar-refractivity contribution < 1.29 is 9.72 Å². The second-order valence-corrected chi connectivity index (χ2v) is 4.62. The van der Waals surface area contributed by atoms with E-state index in [4.69, 9.17) is 11.6 Å². The van der Waals surface area contributed by atoms with E-state index in [1.54, 1.807) is 4.90 Å². The maximum Gasteiger partial charge on any atom is 0.276 e. The van der Waals surface area contributed by atoms with Gasteiger partial charge >= 0.3 is 0 Å². The summed E-state index contributed by atoms with van der Waals surface area (Å²) in [5.74, 6) is 0.189. The van der Waals surface area contributed by atoms with E-state index < -0.39 is 4.92 Å². The number of pyridine rings is 1. The topological polar surface area (TPSA) is 88.4 Å². The molecule has 2 heterocycles. The fraction of sp³-hybridized carbons (Fsp3) is 0.455. The van der Waals surface area contributed by atoms with Crippen molar-refractivity contribution >= 4 is 29.0 Å². The smallest absolute Gasteiger partial charge is 0.276 e. The third kappa shape index (κ3) is 3.54. The predicted molar refractivity (Wildman–Crippen MR) is 70.2 cm³/mol. The molecule has 2 rings (SSSR count). The minimum absolute atomic E-state index is 0.0188. The molecular formula is C11H13ClN4O3. The van der Waals surface area contributed by atoms with E-state index in [0.29, 0.717) is 0 Å². The minimum atomic E-state index is -0.555. The summed E-state index contributed by atoms with van der Waals surface area (Å²) in [6, 6.07) is 2.41. The van der Waals surface area contributed by atoms with Crippen LogP contribution >= 0.6 is 11.6 Å². The van der Waals surface area contributed by atoms with Gasteiger partial charge in [-0.3, -0.25) is 14.9 Å². The second kappa shape index (κ2) is 5.83. The van der Waals surface area contributed by atoms with Crippen LogP contribution in [0.4, 0.5) is 11.5 Å². The normalized spacial score (nSPS) is 14.5. The van der Waals surface area contributed by atoms with Crippen LogP contribution in [-0.4, -0.2) is 40.3 Å². The lowest BCUT2D eigenvalue weighted by Gasteiger charge is -2.15. The molecular weight excluding hydrogens is 272 g/mol. The molecule has 0 spiro atoms. The Bertz CT molecular complexity index is 503. The van der Waals surface area contributed by atoms with Crippen LogP contribution in [0.25, 0.3) is 0 Å². The number of nitro groups is 1. The molecule has 1 saturated heterocycles. The van der Waals surface area contributed by atoms with E-state index in [1.165, 1.54) is 6.07 Å². The van der Waals surface area contributed by atoms with Gasteiger partial charge in [-0.25, -0.2) is 4.98 Å². The summed E-state index contributed by atoms with van der Waals surface area (Å²) in [6.07, 6.45) is 2.04. The molecule has 0 radical (unpaired) electrons. The third-order valence-corrected chi connectivity index (χ3v) is 3.06. The van der Waals surface area contributed by atoms with Crippen LogP contribution in [0.15, 0.2) is 12.1 Å². The van der Waals surface area contributed by atoms with Crippen LogP contribution in [-0.2, 0) is 4.79 Å². The van der Waals surface area contributed by atoms with Gasteiger partial charge in [0.1, 0.15) is 11.0 Å². The SMILES string of the molecule is O=C(CNc1cc([N+](=O)[O-])cc(Cl)n1)N1CCCC1. The standard InChI is InChI=1S/C11H13ClN4O3/c12-9-5-8(16(18)19)6-10(14-9)13-7-11(17)15-3-1-2-4-15/h5-6H,1-4,7H2,(H,13,14). The molecule has 0 bridgehead atoms. The van der Waals surface area contributed by atoms with Crippen molar-refractivity contribution in [2.24, 2.45) is 0 Å². The maximum atomic E-state index is 11.8. The van der Waals surface area contributed by atoms with Crippen molar-refractivity contribution in [1.82, 2.24) is 9.88 Å². The summed E-state index contributed by atoms with van der Waals surface area (Å²) >= 11 is 5.69. The van der Waals surface area contributed by atoms with Crippen LogP contribution < -0.4 is 5.32 Å². The Hall–Kier alpha value is -1.89. The number of likely N-dealkylation sites (tertiary alicyclic amines) is 1. The highest BCUT2D eigenvalue weighted by molar-refractivity contribution is 6.29. The molecule has 102 valence electrons. The van der Waals surface area contributed by atoms with Gasteiger partial charge in [-0.05, 0) is 12.8 Å². The summed E-state index contributed by atoms with van der Waals surface area (Å²) < 4.78 is 0. The number of hydrogen-bond donors (Lipinski definition) is 1. The van der Waals surface area contributed by atoms with E-state index in [9.17, 15) is 14.9 Å². The molecule has 8 heteroatoms. The molecule has 1 amide bonds. The first-order valence-electron chi connectivity index (χ1n) is 5.90. The minimum Gasteiger partial charge on any atom is -0.361 e. The molecule has 1 aromatic rings. The van der Waals surface area contributed by atoms with Gasteiger partial charge in [-0.15, -0.1) is 0 Å². The van der Waals surface area contributed by atoms with E-state index in [1.807, 2.05) is 0 Å². The van der Waals surface area contributed by atoms with Crippen molar-refractivity contribution in [2.75, 3.05) is 25.0 Å². The highest BCUT2D eigenvalue weighted by Crippen LogP contribution is 2.20. The summed E-state index contributed by atoms with van der Waals surface area (Å²) in [5, 5.41) is 13.5.